The van der Waals surface area contributed by atoms with Gasteiger partial charge in [-0.3, -0.25) is 0 Å². The SMILES string of the molecule is Nc1cc([C@@H](N)CC2CC2)cnc1N. The maximum Gasteiger partial charge on any atom is 0.146 e. The predicted molar refractivity (Wildman–Crippen MR) is 57.3 cm³/mol. The Hall–Kier alpha value is -1.29. The average Bonchev–Trinajstić information content (AvgIpc) is 2.93. The van der Waals surface area contributed by atoms with Gasteiger partial charge in [-0.1, -0.05) is 12.8 Å². The lowest BCUT2D eigenvalue weighted by molar-refractivity contribution is 0.595. The highest BCUT2D eigenvalue weighted by Gasteiger charge is 2.24. The molecule has 4 nitrogen and oxygen atoms in total. The molecule has 1 aromatic heterocycles. The summed E-state index contributed by atoms with van der Waals surface area (Å²) in [6.45, 7) is 0. The molecule has 1 aromatic rings. The molecular formula is C10H16N4. The van der Waals surface area contributed by atoms with E-state index in [0.29, 0.717) is 11.5 Å². The number of anilines is 2. The van der Waals surface area contributed by atoms with E-state index in [1.807, 2.05) is 6.07 Å². The highest BCUT2D eigenvalue weighted by molar-refractivity contribution is 5.58. The van der Waals surface area contributed by atoms with Crippen LogP contribution in [-0.2, 0) is 0 Å². The summed E-state index contributed by atoms with van der Waals surface area (Å²) in [5, 5.41) is 0. The largest absolute Gasteiger partial charge is 0.396 e. The van der Waals surface area contributed by atoms with Crippen molar-refractivity contribution in [2.45, 2.75) is 25.3 Å². The molecule has 76 valence electrons. The molecule has 4 heteroatoms. The minimum absolute atomic E-state index is 0.0536. The van der Waals surface area contributed by atoms with Crippen LogP contribution in [0.4, 0.5) is 11.5 Å². The predicted octanol–water partition coefficient (Wildman–Crippen LogP) is 1.05. The molecule has 0 saturated heterocycles. The van der Waals surface area contributed by atoms with E-state index in [9.17, 15) is 0 Å². The number of hydrogen-bond acceptors (Lipinski definition) is 4. The van der Waals surface area contributed by atoms with Gasteiger partial charge in [0, 0.05) is 12.2 Å². The van der Waals surface area contributed by atoms with E-state index in [4.69, 9.17) is 17.2 Å². The molecular weight excluding hydrogens is 176 g/mol. The maximum atomic E-state index is 6.02. The van der Waals surface area contributed by atoms with Crippen molar-refractivity contribution in [2.75, 3.05) is 11.5 Å². The standard InChI is InChI=1S/C10H16N4/c11-8(3-6-1-2-6)7-4-9(12)10(13)14-5-7/h4-6,8H,1-3,11-12H2,(H2,13,14)/t8-/m0/s1. The number of pyridine rings is 1. The lowest BCUT2D eigenvalue weighted by Gasteiger charge is -2.11. The lowest BCUT2D eigenvalue weighted by atomic mass is 10.0. The molecule has 0 spiro atoms. The molecule has 0 radical (unpaired) electrons. The van der Waals surface area contributed by atoms with Crippen LogP contribution >= 0.6 is 0 Å². The summed E-state index contributed by atoms with van der Waals surface area (Å²) in [5.74, 6) is 1.19. The van der Waals surface area contributed by atoms with Crippen molar-refractivity contribution >= 4 is 11.5 Å². The van der Waals surface area contributed by atoms with Crippen LogP contribution in [0.25, 0.3) is 0 Å². The fraction of sp³-hybridized carbons (Fsp3) is 0.500. The van der Waals surface area contributed by atoms with Crippen LogP contribution in [0, 0.1) is 5.92 Å². The topological polar surface area (TPSA) is 91.0 Å². The Labute approximate surface area is 83.5 Å². The molecule has 0 aliphatic heterocycles. The minimum atomic E-state index is 0.0536. The first-order chi connectivity index (χ1) is 6.66. The van der Waals surface area contributed by atoms with Gasteiger partial charge in [0.1, 0.15) is 5.82 Å². The van der Waals surface area contributed by atoms with Crippen molar-refractivity contribution in [1.29, 1.82) is 0 Å². The molecule has 1 aliphatic rings. The van der Waals surface area contributed by atoms with Crippen molar-refractivity contribution in [2.24, 2.45) is 11.7 Å². The quantitative estimate of drug-likeness (QED) is 0.667. The van der Waals surface area contributed by atoms with E-state index in [1.165, 1.54) is 12.8 Å². The molecule has 0 bridgehead atoms. The molecule has 1 heterocycles. The number of nitrogens with two attached hydrogens (primary N) is 3. The smallest absolute Gasteiger partial charge is 0.146 e. The van der Waals surface area contributed by atoms with Gasteiger partial charge < -0.3 is 17.2 Å². The van der Waals surface area contributed by atoms with Crippen molar-refractivity contribution in [3.63, 3.8) is 0 Å². The monoisotopic (exact) mass is 192 g/mol. The summed E-state index contributed by atoms with van der Waals surface area (Å²) in [7, 11) is 0. The second kappa shape index (κ2) is 3.46. The third-order valence-electron chi connectivity index (χ3n) is 2.68. The zero-order valence-corrected chi connectivity index (χ0v) is 8.11. The Morgan fingerprint density at radius 3 is 2.71 bits per heavy atom. The van der Waals surface area contributed by atoms with Crippen molar-refractivity contribution in [3.8, 4) is 0 Å². The van der Waals surface area contributed by atoms with E-state index in [2.05, 4.69) is 4.98 Å². The van der Waals surface area contributed by atoms with Crippen LogP contribution in [-0.4, -0.2) is 4.98 Å². The Balaban J connectivity index is 2.10. The van der Waals surface area contributed by atoms with E-state index < -0.39 is 0 Å². The van der Waals surface area contributed by atoms with Crippen LogP contribution < -0.4 is 17.2 Å². The van der Waals surface area contributed by atoms with Crippen molar-refractivity contribution < 1.29 is 0 Å². The van der Waals surface area contributed by atoms with Gasteiger partial charge in [0.15, 0.2) is 0 Å². The molecule has 0 amide bonds. The number of aromatic nitrogens is 1. The molecule has 0 aromatic carbocycles. The van der Waals surface area contributed by atoms with Gasteiger partial charge in [0.2, 0.25) is 0 Å². The first-order valence-corrected chi connectivity index (χ1v) is 4.93. The summed E-state index contributed by atoms with van der Waals surface area (Å²) in [6.07, 6.45) is 5.38. The first-order valence-electron chi connectivity index (χ1n) is 4.93. The van der Waals surface area contributed by atoms with Gasteiger partial charge in [0.05, 0.1) is 5.69 Å². The molecule has 6 N–H and O–H groups in total. The summed E-state index contributed by atoms with van der Waals surface area (Å²) in [4.78, 5) is 4.00. The lowest BCUT2D eigenvalue weighted by Crippen LogP contribution is -2.12. The number of rotatable bonds is 3. The van der Waals surface area contributed by atoms with E-state index >= 15 is 0 Å². The minimum Gasteiger partial charge on any atom is -0.396 e. The van der Waals surface area contributed by atoms with Crippen LogP contribution in [0.5, 0.6) is 0 Å². The fourth-order valence-electron chi connectivity index (χ4n) is 1.56. The third-order valence-corrected chi connectivity index (χ3v) is 2.68. The summed E-state index contributed by atoms with van der Waals surface area (Å²) in [5.41, 5.74) is 18.7. The van der Waals surface area contributed by atoms with E-state index in [0.717, 1.165) is 17.9 Å². The number of hydrogen-bond donors (Lipinski definition) is 3. The molecule has 1 fully saturated rings. The van der Waals surface area contributed by atoms with E-state index in [1.54, 1.807) is 6.20 Å². The number of nitrogens with zero attached hydrogens (tertiary/aromatic N) is 1. The Kier molecular flexibility index (Phi) is 2.29. The van der Waals surface area contributed by atoms with Crippen LogP contribution in [0.2, 0.25) is 0 Å². The second-order valence-corrected chi connectivity index (χ2v) is 4.03. The highest BCUT2D eigenvalue weighted by atomic mass is 14.9. The second-order valence-electron chi connectivity index (χ2n) is 4.03. The third kappa shape index (κ3) is 1.96. The van der Waals surface area contributed by atoms with Crippen LogP contribution in [0.1, 0.15) is 30.9 Å². The number of nitrogen functional groups attached to an aromatic ring is 2. The van der Waals surface area contributed by atoms with Gasteiger partial charge in [-0.05, 0) is 24.0 Å². The van der Waals surface area contributed by atoms with Crippen LogP contribution in [0.3, 0.4) is 0 Å². The van der Waals surface area contributed by atoms with Gasteiger partial charge >= 0.3 is 0 Å². The fourth-order valence-corrected chi connectivity index (χ4v) is 1.56. The Morgan fingerprint density at radius 2 is 2.14 bits per heavy atom. The highest BCUT2D eigenvalue weighted by Crippen LogP contribution is 2.36. The zero-order chi connectivity index (χ0) is 10.1. The zero-order valence-electron chi connectivity index (χ0n) is 8.11. The molecule has 1 aliphatic carbocycles. The van der Waals surface area contributed by atoms with Gasteiger partial charge in [-0.15, -0.1) is 0 Å². The Bertz CT molecular complexity index is 333. The normalized spacial score (nSPS) is 18.1. The summed E-state index contributed by atoms with van der Waals surface area (Å²) in [6, 6.07) is 1.88. The maximum absolute atomic E-state index is 6.02. The van der Waals surface area contributed by atoms with E-state index in [-0.39, 0.29) is 6.04 Å². The van der Waals surface area contributed by atoms with Gasteiger partial charge in [-0.25, -0.2) is 4.98 Å². The van der Waals surface area contributed by atoms with Crippen molar-refractivity contribution in [1.82, 2.24) is 4.98 Å². The van der Waals surface area contributed by atoms with Crippen molar-refractivity contribution in [3.05, 3.63) is 17.8 Å². The van der Waals surface area contributed by atoms with Gasteiger partial charge in [0.25, 0.3) is 0 Å². The Morgan fingerprint density at radius 1 is 1.43 bits per heavy atom. The molecule has 0 unspecified atom stereocenters. The average molecular weight is 192 g/mol. The first kappa shape index (κ1) is 9.27. The summed E-state index contributed by atoms with van der Waals surface area (Å²) >= 11 is 0. The molecule has 2 rings (SSSR count). The molecule has 14 heavy (non-hydrogen) atoms. The molecule has 1 atom stereocenters. The molecule has 1 saturated carbocycles. The summed E-state index contributed by atoms with van der Waals surface area (Å²) < 4.78 is 0. The van der Waals surface area contributed by atoms with Gasteiger partial charge in [-0.2, -0.15) is 0 Å². The van der Waals surface area contributed by atoms with Crippen LogP contribution in [0.15, 0.2) is 12.3 Å².